The number of benzene rings is 2. The zero-order valence-corrected chi connectivity index (χ0v) is 21.3. The molecule has 2 aliphatic rings. The van der Waals surface area contributed by atoms with Gasteiger partial charge >= 0.3 is 0 Å². The molecule has 1 unspecified atom stereocenters. The van der Waals surface area contributed by atoms with Crippen molar-refractivity contribution in [2.45, 2.75) is 43.5 Å². The molecular formula is C27H26ClN3O3S. The maximum Gasteiger partial charge on any atom is 0.257 e. The number of hydrogen-bond donors (Lipinski definition) is 2. The zero-order valence-electron chi connectivity index (χ0n) is 19.8. The van der Waals surface area contributed by atoms with Gasteiger partial charge in [0, 0.05) is 34.4 Å². The molecule has 1 aliphatic carbocycles. The number of H-pyrrole nitrogens is 1. The first kappa shape index (κ1) is 23.7. The number of carbonyl (C=O) groups is 1. The number of rotatable bonds is 5. The van der Waals surface area contributed by atoms with Gasteiger partial charge in [-0.2, -0.15) is 0 Å². The Bertz CT molecular complexity index is 1410. The summed E-state index contributed by atoms with van der Waals surface area (Å²) in [5.41, 5.74) is 3.39. The smallest absolute Gasteiger partial charge is 0.257 e. The van der Waals surface area contributed by atoms with E-state index >= 15 is 0 Å². The van der Waals surface area contributed by atoms with Crippen LogP contribution in [0.2, 0.25) is 5.02 Å². The predicted molar refractivity (Wildman–Crippen MR) is 139 cm³/mol. The summed E-state index contributed by atoms with van der Waals surface area (Å²) in [6.45, 7) is 4.17. The van der Waals surface area contributed by atoms with E-state index in [2.05, 4.69) is 24.1 Å². The Kier molecular flexibility index (Phi) is 6.23. The maximum absolute atomic E-state index is 13.5. The Hall–Kier alpha value is -3.03. The molecule has 35 heavy (non-hydrogen) atoms. The number of anilines is 1. The topological polar surface area (TPSA) is 84.1 Å². The standard InChI is InChI=1S/C27H26ClN3O3S/c1-27(2)12-19-22(20(32)13-27)21(16-7-5-9-18(11-16)34-3)23-24(29-19)30-26(31-25(23)33)35-14-15-6-4-8-17(28)10-15/h4-11,21H,12-14H2,1-3H3,(H2,29,30,31,33). The number of Topliss-reactive ketones (excluding diaryl/α,β-unsaturated/α-hetero) is 1. The molecule has 2 N–H and O–H groups in total. The highest BCUT2D eigenvalue weighted by Crippen LogP contribution is 2.48. The van der Waals surface area contributed by atoms with E-state index in [9.17, 15) is 9.59 Å². The Morgan fingerprint density at radius 3 is 2.71 bits per heavy atom. The fourth-order valence-electron chi connectivity index (χ4n) is 4.89. The lowest BCUT2D eigenvalue weighted by atomic mass is 9.69. The third kappa shape index (κ3) is 4.75. The number of halogens is 1. The van der Waals surface area contributed by atoms with Crippen LogP contribution in [0.3, 0.4) is 0 Å². The molecule has 0 radical (unpaired) electrons. The highest BCUT2D eigenvalue weighted by molar-refractivity contribution is 7.98. The Labute approximate surface area is 213 Å². The molecule has 1 atom stereocenters. The largest absolute Gasteiger partial charge is 0.497 e. The minimum absolute atomic E-state index is 0.0565. The number of nitrogens with one attached hydrogen (secondary N) is 2. The number of allylic oxidation sites excluding steroid dienone is 2. The molecule has 1 aliphatic heterocycles. The molecule has 5 rings (SSSR count). The molecule has 1 aromatic heterocycles. The van der Waals surface area contributed by atoms with Crippen LogP contribution >= 0.6 is 23.4 Å². The summed E-state index contributed by atoms with van der Waals surface area (Å²) >= 11 is 7.54. The number of fused-ring (bicyclic) bond motifs is 1. The van der Waals surface area contributed by atoms with Gasteiger partial charge in [-0.25, -0.2) is 4.98 Å². The van der Waals surface area contributed by atoms with Crippen LogP contribution in [0.15, 0.2) is 69.8 Å². The molecular weight excluding hydrogens is 482 g/mol. The summed E-state index contributed by atoms with van der Waals surface area (Å²) in [4.78, 5) is 34.6. The Balaban J connectivity index is 1.59. The van der Waals surface area contributed by atoms with Gasteiger partial charge in [0.2, 0.25) is 0 Å². The molecule has 2 heterocycles. The van der Waals surface area contributed by atoms with Gasteiger partial charge in [0.1, 0.15) is 11.6 Å². The zero-order chi connectivity index (χ0) is 24.7. The molecule has 3 aromatic rings. The van der Waals surface area contributed by atoms with E-state index in [4.69, 9.17) is 21.3 Å². The van der Waals surface area contributed by atoms with Crippen LogP contribution in [-0.4, -0.2) is 22.9 Å². The van der Waals surface area contributed by atoms with Crippen molar-refractivity contribution in [3.63, 3.8) is 0 Å². The summed E-state index contributed by atoms with van der Waals surface area (Å²) in [7, 11) is 1.60. The normalized spacial score (nSPS) is 18.5. The van der Waals surface area contributed by atoms with Crippen LogP contribution in [0.1, 0.15) is 49.3 Å². The van der Waals surface area contributed by atoms with Gasteiger partial charge < -0.3 is 15.0 Å². The summed E-state index contributed by atoms with van der Waals surface area (Å²) in [6, 6.07) is 15.2. The number of methoxy groups -OCH3 is 1. The first-order chi connectivity index (χ1) is 16.7. The number of hydrogen-bond acceptors (Lipinski definition) is 6. The van der Waals surface area contributed by atoms with Crippen molar-refractivity contribution in [3.8, 4) is 5.75 Å². The number of ether oxygens (including phenoxy) is 1. The van der Waals surface area contributed by atoms with Crippen molar-refractivity contribution in [1.29, 1.82) is 0 Å². The Morgan fingerprint density at radius 2 is 1.94 bits per heavy atom. The van der Waals surface area contributed by atoms with Crippen LogP contribution in [-0.2, 0) is 10.5 Å². The average molecular weight is 508 g/mol. The number of carbonyl (C=O) groups excluding carboxylic acids is 1. The lowest BCUT2D eigenvalue weighted by Crippen LogP contribution is -2.37. The SMILES string of the molecule is COc1cccc(C2C3=C(CC(C)(C)CC3=O)Nc3nc(SCc4cccc(Cl)c4)[nH]c(=O)c32)c1. The van der Waals surface area contributed by atoms with Crippen LogP contribution in [0, 0.1) is 5.41 Å². The summed E-state index contributed by atoms with van der Waals surface area (Å²) in [5.74, 6) is 1.33. The molecule has 180 valence electrons. The van der Waals surface area contributed by atoms with Gasteiger partial charge in [-0.05, 0) is 47.2 Å². The maximum atomic E-state index is 13.5. The number of thioether (sulfide) groups is 1. The van der Waals surface area contributed by atoms with Gasteiger partial charge in [-0.3, -0.25) is 9.59 Å². The van der Waals surface area contributed by atoms with E-state index in [0.717, 1.165) is 16.8 Å². The van der Waals surface area contributed by atoms with Gasteiger partial charge in [0.05, 0.1) is 12.7 Å². The summed E-state index contributed by atoms with van der Waals surface area (Å²) < 4.78 is 5.43. The average Bonchev–Trinajstić information content (AvgIpc) is 2.80. The quantitative estimate of drug-likeness (QED) is 0.329. The van der Waals surface area contributed by atoms with Crippen molar-refractivity contribution in [2.24, 2.45) is 5.41 Å². The van der Waals surface area contributed by atoms with Crippen molar-refractivity contribution >= 4 is 35.0 Å². The molecule has 8 heteroatoms. The van der Waals surface area contributed by atoms with Crippen molar-refractivity contribution in [3.05, 3.63) is 91.9 Å². The molecule has 0 amide bonds. The number of ketones is 1. The van der Waals surface area contributed by atoms with Gasteiger partial charge in [0.25, 0.3) is 5.56 Å². The fourth-order valence-corrected chi connectivity index (χ4v) is 5.91. The number of aromatic amines is 1. The van der Waals surface area contributed by atoms with Crippen molar-refractivity contribution in [2.75, 3.05) is 12.4 Å². The summed E-state index contributed by atoms with van der Waals surface area (Å²) in [5, 5.41) is 4.54. The first-order valence-corrected chi connectivity index (χ1v) is 12.8. The highest BCUT2D eigenvalue weighted by Gasteiger charge is 2.42. The van der Waals surface area contributed by atoms with Crippen LogP contribution in [0.5, 0.6) is 5.75 Å². The van der Waals surface area contributed by atoms with Gasteiger partial charge in [-0.1, -0.05) is 61.5 Å². The molecule has 6 nitrogen and oxygen atoms in total. The van der Waals surface area contributed by atoms with Crippen LogP contribution in [0.4, 0.5) is 5.82 Å². The van der Waals surface area contributed by atoms with Gasteiger partial charge in [0.15, 0.2) is 10.9 Å². The van der Waals surface area contributed by atoms with E-state index < -0.39 is 5.92 Å². The molecule has 0 spiro atoms. The lowest BCUT2D eigenvalue weighted by Gasteiger charge is -2.38. The molecule has 0 bridgehead atoms. The number of aromatic nitrogens is 2. The molecule has 0 saturated carbocycles. The van der Waals surface area contributed by atoms with E-state index in [0.29, 0.717) is 51.5 Å². The van der Waals surface area contributed by atoms with E-state index in [1.54, 1.807) is 7.11 Å². The lowest BCUT2D eigenvalue weighted by molar-refractivity contribution is -0.118. The third-order valence-corrected chi connectivity index (χ3v) is 7.57. The molecule has 2 aromatic carbocycles. The number of nitrogens with zero attached hydrogens (tertiary/aromatic N) is 1. The van der Waals surface area contributed by atoms with Crippen LogP contribution < -0.4 is 15.6 Å². The monoisotopic (exact) mass is 507 g/mol. The highest BCUT2D eigenvalue weighted by atomic mass is 35.5. The third-order valence-electron chi connectivity index (χ3n) is 6.39. The minimum atomic E-state index is -0.511. The first-order valence-electron chi connectivity index (χ1n) is 11.4. The molecule has 0 fully saturated rings. The fraction of sp³-hybridized carbons (Fsp3) is 0.296. The Morgan fingerprint density at radius 1 is 1.14 bits per heavy atom. The van der Waals surface area contributed by atoms with E-state index in [1.807, 2.05) is 48.5 Å². The van der Waals surface area contributed by atoms with Gasteiger partial charge in [-0.15, -0.1) is 0 Å². The van der Waals surface area contributed by atoms with E-state index in [-0.39, 0.29) is 16.8 Å². The second-order valence-electron chi connectivity index (χ2n) is 9.72. The minimum Gasteiger partial charge on any atom is -0.497 e. The molecule has 0 saturated heterocycles. The summed E-state index contributed by atoms with van der Waals surface area (Å²) in [6.07, 6.45) is 1.13. The predicted octanol–water partition coefficient (Wildman–Crippen LogP) is 5.92. The second kappa shape index (κ2) is 9.21. The van der Waals surface area contributed by atoms with Crippen LogP contribution in [0.25, 0.3) is 0 Å². The van der Waals surface area contributed by atoms with Crippen molar-refractivity contribution < 1.29 is 9.53 Å². The second-order valence-corrected chi connectivity index (χ2v) is 11.1. The van der Waals surface area contributed by atoms with Crippen molar-refractivity contribution in [1.82, 2.24) is 9.97 Å². The van der Waals surface area contributed by atoms with E-state index in [1.165, 1.54) is 11.8 Å².